The molecular weight excluding hydrogens is 384 g/mol. The van der Waals surface area contributed by atoms with Crippen LogP contribution in [0, 0.1) is 0 Å². The van der Waals surface area contributed by atoms with E-state index in [0.29, 0.717) is 17.1 Å². The van der Waals surface area contributed by atoms with E-state index in [0.717, 1.165) is 36.2 Å². The summed E-state index contributed by atoms with van der Waals surface area (Å²) in [4.78, 5) is 11.0. The third kappa shape index (κ3) is 3.24. The first kappa shape index (κ1) is 18.7. The number of hydrogen-bond donors (Lipinski definition) is 2. The minimum atomic E-state index is -1.32. The molecule has 1 aromatic carbocycles. The molecular formula is C23H23ClN4O. The van der Waals surface area contributed by atoms with Crippen LogP contribution in [0.1, 0.15) is 29.2 Å². The van der Waals surface area contributed by atoms with Crippen molar-refractivity contribution in [2.45, 2.75) is 30.1 Å². The van der Waals surface area contributed by atoms with E-state index in [9.17, 15) is 5.11 Å². The van der Waals surface area contributed by atoms with Gasteiger partial charge in [-0.1, -0.05) is 35.9 Å². The smallest absolute Gasteiger partial charge is 0.137 e. The number of rotatable bonds is 5. The van der Waals surface area contributed by atoms with Crippen molar-refractivity contribution < 1.29 is 5.11 Å². The van der Waals surface area contributed by atoms with E-state index >= 15 is 0 Å². The number of piperazine rings is 1. The van der Waals surface area contributed by atoms with Gasteiger partial charge in [0, 0.05) is 66.1 Å². The summed E-state index contributed by atoms with van der Waals surface area (Å²) in [5.74, 6) is 0. The number of fused-ring (bicyclic) bond motifs is 2. The maximum Gasteiger partial charge on any atom is 0.137 e. The number of hydrogen-bond acceptors (Lipinski definition) is 5. The second-order valence-corrected chi connectivity index (χ2v) is 8.34. The van der Waals surface area contributed by atoms with Gasteiger partial charge in [0.15, 0.2) is 0 Å². The van der Waals surface area contributed by atoms with Crippen molar-refractivity contribution in [1.82, 2.24) is 20.2 Å². The lowest BCUT2D eigenvalue weighted by atomic mass is 9.77. The molecule has 0 spiro atoms. The van der Waals surface area contributed by atoms with Crippen LogP contribution in [0.4, 0.5) is 0 Å². The van der Waals surface area contributed by atoms with Gasteiger partial charge in [-0.05, 0) is 36.2 Å². The topological polar surface area (TPSA) is 61.3 Å². The average molecular weight is 407 g/mol. The minimum absolute atomic E-state index is 0.313. The van der Waals surface area contributed by atoms with Crippen LogP contribution in [-0.4, -0.2) is 45.1 Å². The highest BCUT2D eigenvalue weighted by Crippen LogP contribution is 2.47. The van der Waals surface area contributed by atoms with E-state index in [2.05, 4.69) is 20.2 Å². The molecule has 2 aliphatic heterocycles. The van der Waals surface area contributed by atoms with Gasteiger partial charge in [0.25, 0.3) is 0 Å². The quantitative estimate of drug-likeness (QED) is 0.681. The summed E-state index contributed by atoms with van der Waals surface area (Å²) in [5, 5.41) is 16.7. The predicted octanol–water partition coefficient (Wildman–Crippen LogP) is 3.15. The summed E-state index contributed by atoms with van der Waals surface area (Å²) in [6, 6.07) is 15.9. The largest absolute Gasteiger partial charge is 0.378 e. The molecule has 2 saturated heterocycles. The van der Waals surface area contributed by atoms with Crippen LogP contribution in [-0.2, 0) is 5.60 Å². The predicted molar refractivity (Wildman–Crippen MR) is 113 cm³/mol. The molecule has 5 nitrogen and oxygen atoms in total. The monoisotopic (exact) mass is 406 g/mol. The van der Waals surface area contributed by atoms with Crippen LogP contribution >= 0.6 is 11.6 Å². The molecule has 5 rings (SSSR count). The van der Waals surface area contributed by atoms with Gasteiger partial charge >= 0.3 is 0 Å². The number of nitrogens with one attached hydrogen (secondary N) is 1. The Bertz CT molecular complexity index is 945. The Morgan fingerprint density at radius 3 is 2.31 bits per heavy atom. The molecule has 0 saturated carbocycles. The molecule has 0 radical (unpaired) electrons. The van der Waals surface area contributed by atoms with E-state index in [4.69, 9.17) is 11.6 Å². The summed E-state index contributed by atoms with van der Waals surface area (Å²) in [6.45, 7) is 1.81. The fraction of sp³-hybridized carbons (Fsp3) is 0.304. The van der Waals surface area contributed by atoms with Crippen molar-refractivity contribution in [1.29, 1.82) is 0 Å². The normalized spacial score (nSPS) is 22.7. The zero-order valence-electron chi connectivity index (χ0n) is 15.9. The Morgan fingerprint density at radius 1 is 1.07 bits per heavy atom. The number of likely N-dealkylation sites (tertiary alicyclic amines) is 1. The van der Waals surface area contributed by atoms with Crippen LogP contribution in [0.15, 0.2) is 73.3 Å². The molecule has 1 unspecified atom stereocenters. The summed E-state index contributed by atoms with van der Waals surface area (Å²) in [7, 11) is 0. The first-order valence-electron chi connectivity index (χ1n) is 9.94. The number of benzene rings is 1. The van der Waals surface area contributed by atoms with Crippen LogP contribution < -0.4 is 5.32 Å². The first-order valence-corrected chi connectivity index (χ1v) is 10.3. The zero-order chi connectivity index (χ0) is 19.8. The molecule has 2 N–H and O–H groups in total. The summed E-state index contributed by atoms with van der Waals surface area (Å²) < 4.78 is 0. The zero-order valence-corrected chi connectivity index (χ0v) is 16.7. The lowest BCUT2D eigenvalue weighted by Crippen LogP contribution is -2.52. The highest BCUT2D eigenvalue weighted by Gasteiger charge is 2.51. The third-order valence-electron chi connectivity index (χ3n) is 6.19. The molecule has 3 atom stereocenters. The molecule has 2 fully saturated rings. The standard InChI is InChI=1S/C23H23ClN4O/c24-19-7-1-4-16(10-19)22(28-15-20-11-21(28)14-27-20)23(29,17-5-2-8-25-12-17)18-6-3-9-26-13-18/h1-10,12-13,20-22,27,29H,11,14-15H2/t20-,21-,22?/m0/s1. The summed E-state index contributed by atoms with van der Waals surface area (Å²) in [5.41, 5.74) is 1.15. The first-order chi connectivity index (χ1) is 14.2. The molecule has 6 heteroatoms. The van der Waals surface area contributed by atoms with Crippen molar-refractivity contribution in [3.63, 3.8) is 0 Å². The number of pyridine rings is 2. The summed E-state index contributed by atoms with van der Waals surface area (Å²) in [6.07, 6.45) is 8.04. The van der Waals surface area contributed by atoms with Crippen molar-refractivity contribution in [3.8, 4) is 0 Å². The van der Waals surface area contributed by atoms with Crippen molar-refractivity contribution in [2.75, 3.05) is 13.1 Å². The van der Waals surface area contributed by atoms with Gasteiger partial charge in [0.1, 0.15) is 5.60 Å². The van der Waals surface area contributed by atoms with Crippen LogP contribution in [0.5, 0.6) is 0 Å². The SMILES string of the molecule is OC(c1cccnc1)(c1cccnc1)C(c1cccc(Cl)c1)N1C[C@@H]2C[C@H]1CN2. The Labute approximate surface area is 175 Å². The Balaban J connectivity index is 1.73. The Morgan fingerprint density at radius 2 is 1.79 bits per heavy atom. The number of aromatic nitrogens is 2. The van der Waals surface area contributed by atoms with Gasteiger partial charge in [0.05, 0.1) is 6.04 Å². The molecule has 0 amide bonds. The number of aliphatic hydroxyl groups is 1. The average Bonchev–Trinajstić information content (AvgIpc) is 3.39. The van der Waals surface area contributed by atoms with E-state index < -0.39 is 5.60 Å². The highest BCUT2D eigenvalue weighted by atomic mass is 35.5. The molecule has 148 valence electrons. The minimum Gasteiger partial charge on any atom is -0.378 e. The molecule has 29 heavy (non-hydrogen) atoms. The lowest BCUT2D eigenvalue weighted by Gasteiger charge is -2.45. The van der Waals surface area contributed by atoms with Gasteiger partial charge in [-0.15, -0.1) is 0 Å². The lowest BCUT2D eigenvalue weighted by molar-refractivity contribution is -0.0328. The van der Waals surface area contributed by atoms with Gasteiger partial charge in [-0.25, -0.2) is 0 Å². The maximum atomic E-state index is 12.5. The molecule has 4 heterocycles. The third-order valence-corrected chi connectivity index (χ3v) is 6.43. The maximum absolute atomic E-state index is 12.5. The fourth-order valence-electron chi connectivity index (χ4n) is 4.92. The van der Waals surface area contributed by atoms with Crippen LogP contribution in [0.25, 0.3) is 0 Å². The van der Waals surface area contributed by atoms with Gasteiger partial charge in [0.2, 0.25) is 0 Å². The van der Waals surface area contributed by atoms with Crippen molar-refractivity contribution in [2.24, 2.45) is 0 Å². The second-order valence-electron chi connectivity index (χ2n) is 7.90. The Hall–Kier alpha value is -2.31. The van der Waals surface area contributed by atoms with Crippen LogP contribution in [0.2, 0.25) is 5.02 Å². The molecule has 2 bridgehead atoms. The van der Waals surface area contributed by atoms with Crippen molar-refractivity contribution >= 4 is 11.6 Å². The van der Waals surface area contributed by atoms with Crippen molar-refractivity contribution in [3.05, 3.63) is 95.0 Å². The van der Waals surface area contributed by atoms with Gasteiger partial charge < -0.3 is 10.4 Å². The second kappa shape index (κ2) is 7.50. The number of nitrogens with zero attached hydrogens (tertiary/aromatic N) is 3. The molecule has 2 aromatic heterocycles. The van der Waals surface area contributed by atoms with E-state index in [-0.39, 0.29) is 6.04 Å². The van der Waals surface area contributed by atoms with Crippen LogP contribution in [0.3, 0.4) is 0 Å². The Kier molecular flexibility index (Phi) is 4.84. The van der Waals surface area contributed by atoms with E-state index in [1.807, 2.05) is 48.5 Å². The van der Waals surface area contributed by atoms with E-state index in [1.165, 1.54) is 0 Å². The van der Waals surface area contributed by atoms with Gasteiger partial charge in [-0.2, -0.15) is 0 Å². The highest BCUT2D eigenvalue weighted by molar-refractivity contribution is 6.30. The van der Waals surface area contributed by atoms with Gasteiger partial charge in [-0.3, -0.25) is 14.9 Å². The number of halogens is 1. The summed E-state index contributed by atoms with van der Waals surface area (Å²) >= 11 is 6.38. The van der Waals surface area contributed by atoms with E-state index in [1.54, 1.807) is 24.8 Å². The molecule has 0 aliphatic carbocycles. The molecule has 3 aromatic rings. The molecule has 2 aliphatic rings. The fourth-order valence-corrected chi connectivity index (χ4v) is 5.12.